The van der Waals surface area contributed by atoms with E-state index in [-0.39, 0.29) is 17.6 Å². The second-order valence-corrected chi connectivity index (χ2v) is 11.1. The molecule has 0 saturated heterocycles. The minimum atomic E-state index is -0.582. The van der Waals surface area contributed by atoms with Crippen molar-refractivity contribution in [3.8, 4) is 0 Å². The van der Waals surface area contributed by atoms with E-state index >= 15 is 0 Å². The molecule has 0 radical (unpaired) electrons. The van der Waals surface area contributed by atoms with Gasteiger partial charge in [-0.2, -0.15) is 0 Å². The molecule has 1 aromatic carbocycles. The first-order valence-corrected chi connectivity index (χ1v) is 12.7. The number of rotatable bonds is 4. The first kappa shape index (κ1) is 23.4. The highest BCUT2D eigenvalue weighted by Gasteiger charge is 2.33. The van der Waals surface area contributed by atoms with Gasteiger partial charge in [-0.15, -0.1) is 11.3 Å². The average molecular weight is 481 g/mol. The first-order chi connectivity index (χ1) is 15.6. The number of thiophene rings is 1. The van der Waals surface area contributed by atoms with Crippen molar-refractivity contribution >= 4 is 34.7 Å². The molecule has 3 heterocycles. The number of carbonyl (C=O) groups excluding carboxylic acids is 1. The van der Waals surface area contributed by atoms with Crippen LogP contribution in [0.2, 0.25) is 0 Å². The van der Waals surface area contributed by atoms with E-state index in [9.17, 15) is 9.59 Å². The Labute approximate surface area is 201 Å². The fraction of sp³-hybridized carbons (Fsp3) is 0.346. The van der Waals surface area contributed by atoms with Gasteiger partial charge in [-0.3, -0.25) is 9.36 Å². The molecule has 4 rings (SSSR count). The predicted molar refractivity (Wildman–Crippen MR) is 135 cm³/mol. The van der Waals surface area contributed by atoms with Crippen molar-refractivity contribution in [3.05, 3.63) is 88.2 Å². The number of aryl methyl sites for hydroxylation is 1. The monoisotopic (exact) mass is 480 g/mol. The summed E-state index contributed by atoms with van der Waals surface area (Å²) < 4.78 is 7.62. The summed E-state index contributed by atoms with van der Waals surface area (Å²) in [6.07, 6.45) is 1.92. The Morgan fingerprint density at radius 2 is 1.88 bits per heavy atom. The molecule has 33 heavy (non-hydrogen) atoms. The summed E-state index contributed by atoms with van der Waals surface area (Å²) in [5, 5.41) is 2.01. The Morgan fingerprint density at radius 3 is 2.45 bits per heavy atom. The van der Waals surface area contributed by atoms with Gasteiger partial charge < -0.3 is 4.74 Å². The Balaban J connectivity index is 1.94. The number of allylic oxidation sites excluding steroid dienone is 1. The van der Waals surface area contributed by atoms with Crippen LogP contribution >= 0.6 is 22.7 Å². The van der Waals surface area contributed by atoms with Gasteiger partial charge in [-0.05, 0) is 60.4 Å². The second-order valence-electron chi connectivity index (χ2n) is 9.14. The fourth-order valence-electron chi connectivity index (χ4n) is 3.92. The van der Waals surface area contributed by atoms with Crippen molar-refractivity contribution < 1.29 is 9.53 Å². The molecule has 1 unspecified atom stereocenters. The van der Waals surface area contributed by atoms with Gasteiger partial charge in [0.15, 0.2) is 4.80 Å². The SMILES string of the molecule is CCOC(=O)C1=C(C)N=c2s/c(=C\c3sccc3C)c(=O)n2C1c1ccc(C(C)(C)C)cc1. The zero-order valence-corrected chi connectivity index (χ0v) is 21.4. The average Bonchev–Trinajstić information content (AvgIpc) is 3.29. The number of benzene rings is 1. The topological polar surface area (TPSA) is 60.7 Å². The maximum Gasteiger partial charge on any atom is 0.338 e. The highest BCUT2D eigenvalue weighted by atomic mass is 32.1. The summed E-state index contributed by atoms with van der Waals surface area (Å²) in [5.41, 5.74) is 4.02. The van der Waals surface area contributed by atoms with E-state index in [2.05, 4.69) is 37.9 Å². The van der Waals surface area contributed by atoms with Crippen LogP contribution in [0.15, 0.2) is 56.8 Å². The second kappa shape index (κ2) is 8.88. The van der Waals surface area contributed by atoms with E-state index in [1.807, 2.05) is 43.5 Å². The third-order valence-electron chi connectivity index (χ3n) is 5.77. The van der Waals surface area contributed by atoms with E-state index in [0.29, 0.717) is 20.6 Å². The summed E-state index contributed by atoms with van der Waals surface area (Å²) in [5.74, 6) is -0.438. The quantitative estimate of drug-likeness (QED) is 0.518. The smallest absolute Gasteiger partial charge is 0.338 e. The highest BCUT2D eigenvalue weighted by Crippen LogP contribution is 2.32. The summed E-state index contributed by atoms with van der Waals surface area (Å²) in [6.45, 7) is 12.3. The zero-order chi connectivity index (χ0) is 23.9. The molecule has 0 N–H and O–H groups in total. The third kappa shape index (κ3) is 4.39. The Hall–Kier alpha value is -2.77. The largest absolute Gasteiger partial charge is 0.463 e. The molecule has 1 aliphatic heterocycles. The van der Waals surface area contributed by atoms with Gasteiger partial charge in [0.1, 0.15) is 0 Å². The molecule has 0 amide bonds. The number of fused-ring (bicyclic) bond motifs is 1. The van der Waals surface area contributed by atoms with Gasteiger partial charge in [0, 0.05) is 4.88 Å². The third-order valence-corrected chi connectivity index (χ3v) is 7.72. The molecule has 0 spiro atoms. The zero-order valence-electron chi connectivity index (χ0n) is 19.8. The molecule has 0 aliphatic carbocycles. The van der Waals surface area contributed by atoms with Gasteiger partial charge in [0.2, 0.25) is 0 Å². The number of hydrogen-bond acceptors (Lipinski definition) is 6. The van der Waals surface area contributed by atoms with Crippen LogP contribution in [0.5, 0.6) is 0 Å². The number of esters is 1. The van der Waals surface area contributed by atoms with Gasteiger partial charge in [0.05, 0.1) is 28.5 Å². The minimum Gasteiger partial charge on any atom is -0.463 e. The predicted octanol–water partition coefficient (Wildman–Crippen LogP) is 4.47. The maximum atomic E-state index is 13.6. The van der Waals surface area contributed by atoms with E-state index in [1.54, 1.807) is 22.8 Å². The molecule has 1 aliphatic rings. The molecule has 0 fully saturated rings. The number of nitrogens with zero attached hydrogens (tertiary/aromatic N) is 2. The highest BCUT2D eigenvalue weighted by molar-refractivity contribution is 7.11. The fourth-order valence-corrected chi connectivity index (χ4v) is 5.89. The number of thiazole rings is 1. The molecule has 172 valence electrons. The Morgan fingerprint density at radius 1 is 1.18 bits per heavy atom. The number of hydrogen-bond donors (Lipinski definition) is 0. The Bertz CT molecular complexity index is 1410. The molecule has 7 heteroatoms. The van der Waals surface area contributed by atoms with Crippen molar-refractivity contribution in [1.29, 1.82) is 0 Å². The van der Waals surface area contributed by atoms with Crippen LogP contribution in [-0.4, -0.2) is 17.1 Å². The molecular formula is C26H28N2O3S2. The van der Waals surface area contributed by atoms with E-state index in [1.165, 1.54) is 16.9 Å². The van der Waals surface area contributed by atoms with Gasteiger partial charge in [-0.1, -0.05) is 56.4 Å². The van der Waals surface area contributed by atoms with Crippen molar-refractivity contribution in [1.82, 2.24) is 4.57 Å². The molecule has 1 atom stereocenters. The summed E-state index contributed by atoms with van der Waals surface area (Å²) >= 11 is 2.95. The Kier molecular flexibility index (Phi) is 6.29. The molecule has 0 bridgehead atoms. The van der Waals surface area contributed by atoms with Crippen LogP contribution in [-0.2, 0) is 14.9 Å². The van der Waals surface area contributed by atoms with Gasteiger partial charge >= 0.3 is 5.97 Å². The summed E-state index contributed by atoms with van der Waals surface area (Å²) in [6, 6.07) is 9.60. The molecule has 5 nitrogen and oxygen atoms in total. The van der Waals surface area contributed by atoms with E-state index < -0.39 is 12.0 Å². The lowest BCUT2D eigenvalue weighted by molar-refractivity contribution is -0.139. The van der Waals surface area contributed by atoms with Crippen LogP contribution < -0.4 is 14.9 Å². The van der Waals surface area contributed by atoms with Crippen molar-refractivity contribution in [2.45, 2.75) is 53.0 Å². The van der Waals surface area contributed by atoms with Crippen LogP contribution in [0, 0.1) is 6.92 Å². The van der Waals surface area contributed by atoms with Crippen molar-refractivity contribution in [3.63, 3.8) is 0 Å². The summed E-state index contributed by atoms with van der Waals surface area (Å²) in [7, 11) is 0. The van der Waals surface area contributed by atoms with Crippen LogP contribution in [0.1, 0.15) is 62.2 Å². The number of carbonyl (C=O) groups is 1. The van der Waals surface area contributed by atoms with Gasteiger partial charge in [0.25, 0.3) is 5.56 Å². The number of ether oxygens (including phenoxy) is 1. The molecule has 0 saturated carbocycles. The van der Waals surface area contributed by atoms with Crippen molar-refractivity contribution in [2.75, 3.05) is 6.61 Å². The van der Waals surface area contributed by atoms with Crippen LogP contribution in [0.3, 0.4) is 0 Å². The molecule has 3 aromatic rings. The lowest BCUT2D eigenvalue weighted by atomic mass is 9.85. The van der Waals surface area contributed by atoms with E-state index in [0.717, 1.165) is 16.0 Å². The normalized spacial score (nSPS) is 16.5. The standard InChI is InChI=1S/C26H28N2O3S2/c1-7-31-24(30)21-16(3)27-25-28(22(21)17-8-10-18(11-9-17)26(4,5)6)23(29)20(33-25)14-19-15(2)12-13-32-19/h8-14,22H,7H2,1-6H3/b20-14-. The molecule has 2 aromatic heterocycles. The maximum absolute atomic E-state index is 13.6. The molecular weight excluding hydrogens is 452 g/mol. The minimum absolute atomic E-state index is 0.00122. The van der Waals surface area contributed by atoms with Crippen molar-refractivity contribution in [2.24, 2.45) is 4.99 Å². The van der Waals surface area contributed by atoms with Crippen LogP contribution in [0.4, 0.5) is 0 Å². The van der Waals surface area contributed by atoms with Gasteiger partial charge in [-0.25, -0.2) is 9.79 Å². The number of aromatic nitrogens is 1. The lowest BCUT2D eigenvalue weighted by Crippen LogP contribution is -2.40. The first-order valence-electron chi connectivity index (χ1n) is 11.0. The van der Waals surface area contributed by atoms with E-state index in [4.69, 9.17) is 4.74 Å². The van der Waals surface area contributed by atoms with Crippen LogP contribution in [0.25, 0.3) is 6.08 Å². The lowest BCUT2D eigenvalue weighted by Gasteiger charge is -2.26. The summed E-state index contributed by atoms with van der Waals surface area (Å²) in [4.78, 5) is 32.9.